The molecule has 0 aromatic heterocycles. The van der Waals surface area contributed by atoms with E-state index in [2.05, 4.69) is 10.6 Å². The Morgan fingerprint density at radius 1 is 0.941 bits per heavy atom. The van der Waals surface area contributed by atoms with Crippen molar-refractivity contribution >= 4 is 28.6 Å². The standard InChI is InChI=1S/C25H24F2N2O5/c1-14(28-21(30)12-15-10-17(26)13-18(27)11-15)24(31)29-22(25(32)34-3)20-9-8-16-6-4-5-7-19(16)23(20)33-2/h4-11,13-14,22H,12H2,1-3H3,(H,28,30)(H,29,31)/t14-,22-/m0/s1. The lowest BCUT2D eigenvalue weighted by molar-refractivity contribution is -0.145. The van der Waals surface area contributed by atoms with Gasteiger partial charge in [-0.05, 0) is 30.0 Å². The molecule has 178 valence electrons. The molecule has 2 amide bonds. The monoisotopic (exact) mass is 470 g/mol. The largest absolute Gasteiger partial charge is 0.496 e. The van der Waals surface area contributed by atoms with Crippen molar-refractivity contribution in [2.75, 3.05) is 14.2 Å². The molecule has 7 nitrogen and oxygen atoms in total. The molecule has 0 aliphatic heterocycles. The minimum Gasteiger partial charge on any atom is -0.496 e. The number of ether oxygens (including phenoxy) is 2. The second-order valence-electron chi connectivity index (χ2n) is 7.62. The molecule has 3 aromatic carbocycles. The fourth-order valence-corrected chi connectivity index (χ4v) is 3.62. The molecule has 2 atom stereocenters. The van der Waals surface area contributed by atoms with E-state index in [1.165, 1.54) is 21.1 Å². The number of esters is 1. The molecule has 0 saturated carbocycles. The molecular formula is C25H24F2N2O5. The van der Waals surface area contributed by atoms with Crippen molar-refractivity contribution in [2.45, 2.75) is 25.4 Å². The van der Waals surface area contributed by atoms with Crippen LogP contribution in [-0.2, 0) is 25.5 Å². The second-order valence-corrected chi connectivity index (χ2v) is 7.62. The number of amides is 2. The number of halogens is 2. The third kappa shape index (κ3) is 5.67. The quantitative estimate of drug-likeness (QED) is 0.493. The summed E-state index contributed by atoms with van der Waals surface area (Å²) >= 11 is 0. The minimum atomic E-state index is -1.20. The first-order valence-corrected chi connectivity index (χ1v) is 10.4. The van der Waals surface area contributed by atoms with Gasteiger partial charge in [0.25, 0.3) is 0 Å². The van der Waals surface area contributed by atoms with E-state index in [9.17, 15) is 23.2 Å². The maximum Gasteiger partial charge on any atom is 0.333 e. The zero-order chi connectivity index (χ0) is 24.8. The van der Waals surface area contributed by atoms with Gasteiger partial charge < -0.3 is 20.1 Å². The summed E-state index contributed by atoms with van der Waals surface area (Å²) in [6, 6.07) is 11.4. The molecule has 0 aliphatic rings. The fourth-order valence-electron chi connectivity index (χ4n) is 3.62. The molecule has 0 heterocycles. The van der Waals surface area contributed by atoms with Gasteiger partial charge in [-0.2, -0.15) is 0 Å². The maximum atomic E-state index is 13.4. The predicted molar refractivity (Wildman–Crippen MR) is 121 cm³/mol. The summed E-state index contributed by atoms with van der Waals surface area (Å²) in [6.07, 6.45) is -0.328. The van der Waals surface area contributed by atoms with Crippen LogP contribution in [0.3, 0.4) is 0 Å². The predicted octanol–water partition coefficient (Wildman–Crippen LogP) is 3.20. The number of rotatable bonds is 8. The van der Waals surface area contributed by atoms with Crippen LogP contribution >= 0.6 is 0 Å². The highest BCUT2D eigenvalue weighted by atomic mass is 19.1. The molecule has 0 spiro atoms. The van der Waals surface area contributed by atoms with Crippen LogP contribution in [0.5, 0.6) is 5.75 Å². The zero-order valence-electron chi connectivity index (χ0n) is 18.9. The lowest BCUT2D eigenvalue weighted by atomic mass is 9.99. The number of carbonyl (C=O) groups excluding carboxylic acids is 3. The second kappa shape index (κ2) is 10.7. The number of benzene rings is 3. The van der Waals surface area contributed by atoms with Crippen LogP contribution in [0.2, 0.25) is 0 Å². The van der Waals surface area contributed by atoms with Crippen molar-refractivity contribution in [3.8, 4) is 5.75 Å². The summed E-state index contributed by atoms with van der Waals surface area (Å²) in [4.78, 5) is 37.7. The van der Waals surface area contributed by atoms with E-state index in [1.807, 2.05) is 24.3 Å². The van der Waals surface area contributed by atoms with Crippen LogP contribution in [-0.4, -0.2) is 38.0 Å². The highest BCUT2D eigenvalue weighted by molar-refractivity contribution is 5.95. The van der Waals surface area contributed by atoms with Gasteiger partial charge in [-0.25, -0.2) is 13.6 Å². The summed E-state index contributed by atoms with van der Waals surface area (Å²) < 4.78 is 37.1. The summed E-state index contributed by atoms with van der Waals surface area (Å²) in [7, 11) is 2.65. The Hall–Kier alpha value is -4.01. The highest BCUT2D eigenvalue weighted by Crippen LogP contribution is 2.34. The molecule has 9 heteroatoms. The van der Waals surface area contributed by atoms with E-state index >= 15 is 0 Å². The molecule has 3 aromatic rings. The van der Waals surface area contributed by atoms with E-state index in [0.717, 1.165) is 22.9 Å². The number of hydrogen-bond donors (Lipinski definition) is 2. The molecule has 0 radical (unpaired) electrons. The van der Waals surface area contributed by atoms with Crippen LogP contribution in [0.25, 0.3) is 10.8 Å². The molecular weight excluding hydrogens is 446 g/mol. The van der Waals surface area contributed by atoms with Crippen molar-refractivity contribution in [3.63, 3.8) is 0 Å². The highest BCUT2D eigenvalue weighted by Gasteiger charge is 2.29. The van der Waals surface area contributed by atoms with E-state index in [4.69, 9.17) is 9.47 Å². The normalized spacial score (nSPS) is 12.5. The number of nitrogens with one attached hydrogen (secondary N) is 2. The van der Waals surface area contributed by atoms with Crippen LogP contribution < -0.4 is 15.4 Å². The molecule has 2 N–H and O–H groups in total. The Kier molecular flexibility index (Phi) is 7.78. The van der Waals surface area contributed by atoms with Gasteiger partial charge >= 0.3 is 5.97 Å². The Morgan fingerprint density at radius 2 is 1.62 bits per heavy atom. The number of hydrogen-bond acceptors (Lipinski definition) is 5. The van der Waals surface area contributed by atoms with Crippen molar-refractivity contribution < 1.29 is 32.6 Å². The lowest BCUT2D eigenvalue weighted by Crippen LogP contribution is -2.47. The minimum absolute atomic E-state index is 0.121. The van der Waals surface area contributed by atoms with Crippen LogP contribution in [0.1, 0.15) is 24.1 Å². The summed E-state index contributed by atoms with van der Waals surface area (Å²) in [5.41, 5.74) is 0.506. The third-order valence-corrected chi connectivity index (χ3v) is 5.21. The van der Waals surface area contributed by atoms with Gasteiger partial charge in [0.1, 0.15) is 23.4 Å². The lowest BCUT2D eigenvalue weighted by Gasteiger charge is -2.22. The first-order chi connectivity index (χ1) is 16.2. The van der Waals surface area contributed by atoms with Crippen molar-refractivity contribution in [1.29, 1.82) is 0 Å². The van der Waals surface area contributed by atoms with Gasteiger partial charge in [-0.3, -0.25) is 9.59 Å². The summed E-state index contributed by atoms with van der Waals surface area (Å²) in [5, 5.41) is 6.67. The van der Waals surface area contributed by atoms with E-state index in [1.54, 1.807) is 12.1 Å². The summed E-state index contributed by atoms with van der Waals surface area (Å²) in [6.45, 7) is 1.42. The fraction of sp³-hybridized carbons (Fsp3) is 0.240. The van der Waals surface area contributed by atoms with E-state index in [0.29, 0.717) is 17.4 Å². The van der Waals surface area contributed by atoms with E-state index in [-0.39, 0.29) is 12.0 Å². The molecule has 0 fully saturated rings. The SMILES string of the molecule is COC(=O)[C@@H](NC(=O)[C@H](C)NC(=O)Cc1cc(F)cc(F)c1)c1ccc2ccccc2c1OC. The molecule has 34 heavy (non-hydrogen) atoms. The molecule has 0 bridgehead atoms. The van der Waals surface area contributed by atoms with Gasteiger partial charge in [0.15, 0.2) is 6.04 Å². The number of carbonyl (C=O) groups is 3. The third-order valence-electron chi connectivity index (χ3n) is 5.21. The molecule has 0 unspecified atom stereocenters. The van der Waals surface area contributed by atoms with Gasteiger partial charge in [0, 0.05) is 17.0 Å². The Bertz CT molecular complexity index is 1210. The van der Waals surface area contributed by atoms with Gasteiger partial charge in [0.05, 0.1) is 20.6 Å². The first kappa shape index (κ1) is 24.6. The van der Waals surface area contributed by atoms with Crippen molar-refractivity contribution in [2.24, 2.45) is 0 Å². The Balaban J connectivity index is 1.77. The average Bonchev–Trinajstić information content (AvgIpc) is 2.80. The molecule has 0 aliphatic carbocycles. The van der Waals surface area contributed by atoms with Crippen LogP contribution in [0, 0.1) is 11.6 Å². The van der Waals surface area contributed by atoms with Gasteiger partial charge in [-0.1, -0.05) is 36.4 Å². The van der Waals surface area contributed by atoms with Gasteiger partial charge in [0.2, 0.25) is 11.8 Å². The smallest absolute Gasteiger partial charge is 0.333 e. The van der Waals surface area contributed by atoms with Crippen molar-refractivity contribution in [3.05, 3.63) is 77.4 Å². The Morgan fingerprint density at radius 3 is 2.26 bits per heavy atom. The number of methoxy groups -OCH3 is 2. The van der Waals surface area contributed by atoms with Crippen LogP contribution in [0.15, 0.2) is 54.6 Å². The Labute approximate surface area is 195 Å². The van der Waals surface area contributed by atoms with E-state index < -0.39 is 41.5 Å². The summed E-state index contributed by atoms with van der Waals surface area (Å²) in [5.74, 6) is -3.22. The van der Waals surface area contributed by atoms with Gasteiger partial charge in [-0.15, -0.1) is 0 Å². The number of fused-ring (bicyclic) bond motifs is 1. The van der Waals surface area contributed by atoms with Crippen molar-refractivity contribution in [1.82, 2.24) is 10.6 Å². The topological polar surface area (TPSA) is 93.7 Å². The van der Waals surface area contributed by atoms with Crippen LogP contribution in [0.4, 0.5) is 8.78 Å². The molecule has 3 rings (SSSR count). The molecule has 0 saturated heterocycles. The zero-order valence-corrected chi connectivity index (χ0v) is 18.9. The average molecular weight is 470 g/mol. The maximum absolute atomic E-state index is 13.4. The first-order valence-electron chi connectivity index (χ1n) is 10.4.